The molecule has 1 N–H and O–H groups in total. The lowest BCUT2D eigenvalue weighted by atomic mass is 9.99. The first-order chi connectivity index (χ1) is 15.4. The Bertz CT molecular complexity index is 1120. The number of aryl methyl sites for hydroxylation is 1. The number of fused-ring (bicyclic) bond motifs is 2. The fourth-order valence-corrected chi connectivity index (χ4v) is 5.36. The summed E-state index contributed by atoms with van der Waals surface area (Å²) in [6.07, 6.45) is 0.954. The van der Waals surface area contributed by atoms with Gasteiger partial charge in [0.25, 0.3) is 11.8 Å². The van der Waals surface area contributed by atoms with Gasteiger partial charge in [-0.15, -0.1) is 11.3 Å². The molecule has 2 heterocycles. The SMILES string of the molecule is COC(=O)c1c(NC(=O)CCN2C(=O)c3ccccc3C2=O)sc2c1[C@H](C(=O)OC)CC2. The molecule has 1 aliphatic carbocycles. The number of benzene rings is 1. The second kappa shape index (κ2) is 8.54. The maximum Gasteiger partial charge on any atom is 0.341 e. The average Bonchev–Trinajstić information content (AvgIpc) is 3.43. The summed E-state index contributed by atoms with van der Waals surface area (Å²) < 4.78 is 9.72. The lowest BCUT2D eigenvalue weighted by Crippen LogP contribution is -2.33. The Labute approximate surface area is 187 Å². The largest absolute Gasteiger partial charge is 0.469 e. The summed E-state index contributed by atoms with van der Waals surface area (Å²) in [6, 6.07) is 6.49. The number of carbonyl (C=O) groups is 5. The van der Waals surface area contributed by atoms with Crippen molar-refractivity contribution >= 4 is 46.0 Å². The number of thiophene rings is 1. The topological polar surface area (TPSA) is 119 Å². The molecule has 0 saturated heterocycles. The van der Waals surface area contributed by atoms with Crippen molar-refractivity contribution in [2.24, 2.45) is 0 Å². The molecule has 32 heavy (non-hydrogen) atoms. The molecule has 1 aliphatic heterocycles. The van der Waals surface area contributed by atoms with E-state index in [1.165, 1.54) is 25.6 Å². The lowest BCUT2D eigenvalue weighted by Gasteiger charge is -2.14. The van der Waals surface area contributed by atoms with Gasteiger partial charge in [-0.3, -0.25) is 24.1 Å². The molecule has 1 atom stereocenters. The van der Waals surface area contributed by atoms with Crippen LogP contribution in [0.5, 0.6) is 0 Å². The molecule has 10 heteroatoms. The van der Waals surface area contributed by atoms with Gasteiger partial charge in [0.15, 0.2) is 0 Å². The van der Waals surface area contributed by atoms with Crippen molar-refractivity contribution in [1.82, 2.24) is 4.90 Å². The fourth-order valence-electron chi connectivity index (χ4n) is 4.08. The van der Waals surface area contributed by atoms with Crippen LogP contribution in [0.15, 0.2) is 24.3 Å². The molecule has 1 aromatic carbocycles. The molecule has 3 amide bonds. The number of ether oxygens (including phenoxy) is 2. The second-order valence-corrected chi connectivity index (χ2v) is 8.46. The van der Waals surface area contributed by atoms with E-state index in [2.05, 4.69) is 5.32 Å². The smallest absolute Gasteiger partial charge is 0.341 e. The zero-order chi connectivity index (χ0) is 23.0. The van der Waals surface area contributed by atoms with Crippen LogP contribution < -0.4 is 5.32 Å². The van der Waals surface area contributed by atoms with Crippen molar-refractivity contribution in [3.63, 3.8) is 0 Å². The maximum atomic E-state index is 12.6. The number of nitrogens with one attached hydrogen (secondary N) is 1. The zero-order valence-corrected chi connectivity index (χ0v) is 18.2. The van der Waals surface area contributed by atoms with Gasteiger partial charge >= 0.3 is 11.9 Å². The Hall–Kier alpha value is -3.53. The fraction of sp³-hybridized carbons (Fsp3) is 0.318. The van der Waals surface area contributed by atoms with Crippen LogP contribution in [0.4, 0.5) is 5.00 Å². The number of rotatable bonds is 6. The Kier molecular flexibility index (Phi) is 5.79. The number of carbonyl (C=O) groups excluding carboxylic acids is 5. The van der Waals surface area contributed by atoms with E-state index in [9.17, 15) is 24.0 Å². The molecular formula is C22H20N2O7S. The van der Waals surface area contributed by atoms with E-state index in [4.69, 9.17) is 9.47 Å². The van der Waals surface area contributed by atoms with Crippen molar-refractivity contribution < 1.29 is 33.4 Å². The summed E-state index contributed by atoms with van der Waals surface area (Å²) >= 11 is 1.21. The first-order valence-electron chi connectivity index (χ1n) is 9.94. The number of hydrogen-bond acceptors (Lipinski definition) is 8. The van der Waals surface area contributed by atoms with Gasteiger partial charge in [-0.1, -0.05) is 12.1 Å². The van der Waals surface area contributed by atoms with Gasteiger partial charge in [0.05, 0.1) is 36.8 Å². The number of amides is 3. The van der Waals surface area contributed by atoms with E-state index in [1.54, 1.807) is 24.3 Å². The summed E-state index contributed by atoms with van der Waals surface area (Å²) in [5, 5.41) is 2.97. The molecule has 0 fully saturated rings. The monoisotopic (exact) mass is 456 g/mol. The number of nitrogens with zero attached hydrogens (tertiary/aromatic N) is 1. The third kappa shape index (κ3) is 3.56. The predicted octanol–water partition coefficient (Wildman–Crippen LogP) is 2.36. The highest BCUT2D eigenvalue weighted by Crippen LogP contribution is 2.45. The van der Waals surface area contributed by atoms with Crippen molar-refractivity contribution in [2.45, 2.75) is 25.2 Å². The quantitative estimate of drug-likeness (QED) is 0.523. The molecule has 0 saturated carbocycles. The van der Waals surface area contributed by atoms with Crippen molar-refractivity contribution in [3.8, 4) is 0 Å². The third-order valence-electron chi connectivity index (χ3n) is 5.60. The minimum atomic E-state index is -0.658. The molecule has 1 aromatic heterocycles. The first kappa shape index (κ1) is 21.7. The summed E-state index contributed by atoms with van der Waals surface area (Å²) in [5.74, 6) is -3.05. The first-order valence-corrected chi connectivity index (χ1v) is 10.8. The predicted molar refractivity (Wildman–Crippen MR) is 114 cm³/mol. The van der Waals surface area contributed by atoms with Crippen LogP contribution in [-0.2, 0) is 25.5 Å². The van der Waals surface area contributed by atoms with Gasteiger partial charge in [0, 0.05) is 17.8 Å². The van der Waals surface area contributed by atoms with E-state index in [0.29, 0.717) is 29.5 Å². The Morgan fingerprint density at radius 3 is 2.34 bits per heavy atom. The van der Waals surface area contributed by atoms with Crippen LogP contribution in [0.1, 0.15) is 60.3 Å². The van der Waals surface area contributed by atoms with Gasteiger partial charge in [-0.2, -0.15) is 0 Å². The van der Waals surface area contributed by atoms with Gasteiger partial charge in [0.1, 0.15) is 5.00 Å². The van der Waals surface area contributed by atoms with Gasteiger partial charge in [-0.25, -0.2) is 4.79 Å². The number of methoxy groups -OCH3 is 2. The van der Waals surface area contributed by atoms with Gasteiger partial charge in [-0.05, 0) is 30.5 Å². The van der Waals surface area contributed by atoms with E-state index >= 15 is 0 Å². The molecular weight excluding hydrogens is 436 g/mol. The van der Waals surface area contributed by atoms with E-state index in [-0.39, 0.29) is 23.5 Å². The minimum absolute atomic E-state index is 0.0956. The minimum Gasteiger partial charge on any atom is -0.469 e. The third-order valence-corrected chi connectivity index (χ3v) is 6.78. The molecule has 4 rings (SSSR count). The van der Waals surface area contributed by atoms with Gasteiger partial charge in [0.2, 0.25) is 5.91 Å². The van der Waals surface area contributed by atoms with E-state index in [1.807, 2.05) is 0 Å². The standard InChI is InChI=1S/C22H20N2O7S/c1-30-21(28)13-7-8-14-16(13)17(22(29)31-2)18(32-14)23-15(25)9-10-24-19(26)11-5-3-4-6-12(11)20(24)27/h3-6,13H,7-10H2,1-2H3,(H,23,25)/t13-/m1/s1. The van der Waals surface area contributed by atoms with Crippen molar-refractivity contribution in [3.05, 3.63) is 51.4 Å². The Morgan fingerprint density at radius 1 is 1.09 bits per heavy atom. The zero-order valence-electron chi connectivity index (χ0n) is 17.4. The lowest BCUT2D eigenvalue weighted by molar-refractivity contribution is -0.142. The molecule has 0 unspecified atom stereocenters. The normalized spacial score (nSPS) is 16.6. The number of anilines is 1. The number of hydrogen-bond donors (Lipinski definition) is 1. The molecule has 0 bridgehead atoms. The highest BCUT2D eigenvalue weighted by atomic mass is 32.1. The summed E-state index contributed by atoms with van der Waals surface area (Å²) in [6.45, 7) is -0.0956. The Morgan fingerprint density at radius 2 is 1.75 bits per heavy atom. The van der Waals surface area contributed by atoms with Crippen LogP contribution in [0.25, 0.3) is 0 Å². The molecule has 0 radical (unpaired) electrons. The highest BCUT2D eigenvalue weighted by Gasteiger charge is 2.39. The summed E-state index contributed by atoms with van der Waals surface area (Å²) in [7, 11) is 2.51. The average molecular weight is 456 g/mol. The maximum absolute atomic E-state index is 12.6. The number of imide groups is 1. The van der Waals surface area contributed by atoms with Crippen molar-refractivity contribution in [2.75, 3.05) is 26.1 Å². The van der Waals surface area contributed by atoms with Crippen LogP contribution >= 0.6 is 11.3 Å². The van der Waals surface area contributed by atoms with Crippen LogP contribution in [0, 0.1) is 0 Å². The summed E-state index contributed by atoms with van der Waals surface area (Å²) in [5.41, 5.74) is 1.31. The van der Waals surface area contributed by atoms with Crippen LogP contribution in [0.3, 0.4) is 0 Å². The van der Waals surface area contributed by atoms with E-state index in [0.717, 1.165) is 9.78 Å². The molecule has 166 valence electrons. The van der Waals surface area contributed by atoms with Crippen LogP contribution in [0.2, 0.25) is 0 Å². The summed E-state index contributed by atoms with van der Waals surface area (Å²) in [4.78, 5) is 64.0. The highest BCUT2D eigenvalue weighted by molar-refractivity contribution is 7.17. The molecule has 0 spiro atoms. The Balaban J connectivity index is 1.50. The second-order valence-electron chi connectivity index (χ2n) is 7.35. The van der Waals surface area contributed by atoms with E-state index < -0.39 is 35.6 Å². The van der Waals surface area contributed by atoms with Gasteiger partial charge < -0.3 is 14.8 Å². The molecule has 9 nitrogen and oxygen atoms in total. The van der Waals surface area contributed by atoms with Crippen molar-refractivity contribution in [1.29, 1.82) is 0 Å². The molecule has 2 aromatic rings. The molecule has 2 aliphatic rings. The van der Waals surface area contributed by atoms with Crippen LogP contribution in [-0.4, -0.2) is 55.3 Å². The number of esters is 2.